The lowest BCUT2D eigenvalue weighted by Gasteiger charge is -1.98. The van der Waals surface area contributed by atoms with E-state index >= 15 is 0 Å². The minimum absolute atomic E-state index is 0.381. The highest BCUT2D eigenvalue weighted by Gasteiger charge is 2.11. The molecule has 1 N–H and O–H groups in total. The fourth-order valence-corrected chi connectivity index (χ4v) is 1.06. The van der Waals surface area contributed by atoms with Crippen molar-refractivity contribution >= 4 is 5.97 Å². The molecule has 0 bridgehead atoms. The summed E-state index contributed by atoms with van der Waals surface area (Å²) in [6, 6.07) is 1.64. The van der Waals surface area contributed by atoms with Gasteiger partial charge in [-0.25, -0.2) is 4.79 Å². The highest BCUT2D eigenvalue weighted by atomic mass is 16.5. The molecule has 0 atom stereocenters. The Labute approximate surface area is 76.9 Å². The van der Waals surface area contributed by atoms with Gasteiger partial charge in [-0.2, -0.15) is 0 Å². The van der Waals surface area contributed by atoms with Gasteiger partial charge in [0.2, 0.25) is 0 Å². The monoisotopic (exact) mass is 183 g/mol. The molecule has 0 fully saturated rings. The number of esters is 1. The molecule has 0 unspecified atom stereocenters. The molecule has 0 aliphatic carbocycles. The molecule has 0 saturated carbocycles. The number of nitrogens with one attached hydrogen (secondary N) is 1. The summed E-state index contributed by atoms with van der Waals surface area (Å²) in [5.74, 6) is 0.317. The summed E-state index contributed by atoms with van der Waals surface area (Å²) < 4.78 is 9.83. The number of aromatic amines is 1. The summed E-state index contributed by atoms with van der Waals surface area (Å²) in [6.07, 6.45) is 0. The van der Waals surface area contributed by atoms with Crippen molar-refractivity contribution in [2.24, 2.45) is 0 Å². The van der Waals surface area contributed by atoms with Crippen LogP contribution in [0.3, 0.4) is 0 Å². The van der Waals surface area contributed by atoms with Crippen LogP contribution >= 0.6 is 0 Å². The van der Waals surface area contributed by atoms with Crippen molar-refractivity contribution < 1.29 is 14.3 Å². The second-order valence-electron chi connectivity index (χ2n) is 2.60. The largest absolute Gasteiger partial charge is 0.492 e. The lowest BCUT2D eigenvalue weighted by atomic mass is 10.4. The third-order valence-corrected chi connectivity index (χ3v) is 1.67. The molecule has 0 aliphatic heterocycles. The van der Waals surface area contributed by atoms with E-state index in [4.69, 9.17) is 4.74 Å². The molecule has 13 heavy (non-hydrogen) atoms. The summed E-state index contributed by atoms with van der Waals surface area (Å²) in [7, 11) is 1.35. The summed E-state index contributed by atoms with van der Waals surface area (Å²) in [5.41, 5.74) is 1.26. The lowest BCUT2D eigenvalue weighted by Crippen LogP contribution is -2.00. The number of aromatic nitrogens is 1. The summed E-state index contributed by atoms with van der Waals surface area (Å²) in [5, 5.41) is 0. The van der Waals surface area contributed by atoms with Gasteiger partial charge in [-0.3, -0.25) is 0 Å². The van der Waals surface area contributed by atoms with Crippen molar-refractivity contribution in [1.29, 1.82) is 0 Å². The van der Waals surface area contributed by atoms with Gasteiger partial charge in [0.15, 0.2) is 0 Å². The Bertz CT molecular complexity index is 304. The first kappa shape index (κ1) is 9.64. The van der Waals surface area contributed by atoms with E-state index in [0.717, 1.165) is 5.69 Å². The average Bonchev–Trinajstić information content (AvgIpc) is 2.47. The molecule has 4 nitrogen and oxygen atoms in total. The van der Waals surface area contributed by atoms with Crippen molar-refractivity contribution in [3.05, 3.63) is 17.5 Å². The zero-order valence-corrected chi connectivity index (χ0v) is 8.01. The third kappa shape index (κ3) is 2.02. The van der Waals surface area contributed by atoms with Crippen LogP contribution in [-0.2, 0) is 4.74 Å². The maximum absolute atomic E-state index is 11.1. The summed E-state index contributed by atoms with van der Waals surface area (Å²) in [6.45, 7) is 4.32. The molecule has 0 spiro atoms. The molecule has 4 heteroatoms. The predicted molar refractivity (Wildman–Crippen MR) is 48.0 cm³/mol. The molecule has 72 valence electrons. The first-order chi connectivity index (χ1) is 6.19. The van der Waals surface area contributed by atoms with Crippen molar-refractivity contribution in [3.8, 4) is 5.75 Å². The number of methoxy groups -OCH3 is 1. The number of rotatable bonds is 3. The number of H-pyrrole nitrogens is 1. The molecule has 0 amide bonds. The highest BCUT2D eigenvalue weighted by Crippen LogP contribution is 2.19. The summed E-state index contributed by atoms with van der Waals surface area (Å²) >= 11 is 0. The Morgan fingerprint density at radius 3 is 2.85 bits per heavy atom. The van der Waals surface area contributed by atoms with E-state index in [1.807, 2.05) is 13.8 Å². The van der Waals surface area contributed by atoms with Gasteiger partial charge in [-0.1, -0.05) is 0 Å². The van der Waals surface area contributed by atoms with E-state index in [2.05, 4.69) is 9.72 Å². The van der Waals surface area contributed by atoms with Gasteiger partial charge < -0.3 is 14.5 Å². The number of ether oxygens (including phenoxy) is 2. The van der Waals surface area contributed by atoms with Crippen LogP contribution in [0.25, 0.3) is 0 Å². The van der Waals surface area contributed by atoms with Crippen molar-refractivity contribution in [1.82, 2.24) is 4.98 Å². The normalized spacial score (nSPS) is 9.77. The number of aryl methyl sites for hydroxylation is 1. The number of hydrogen-bond acceptors (Lipinski definition) is 3. The van der Waals surface area contributed by atoms with E-state index in [1.54, 1.807) is 6.07 Å². The van der Waals surface area contributed by atoms with E-state index < -0.39 is 0 Å². The van der Waals surface area contributed by atoms with Crippen molar-refractivity contribution in [3.63, 3.8) is 0 Å². The van der Waals surface area contributed by atoms with E-state index in [0.29, 0.717) is 18.1 Å². The molecular weight excluding hydrogens is 170 g/mol. The molecule has 0 radical (unpaired) electrons. The van der Waals surface area contributed by atoms with Crippen LogP contribution < -0.4 is 4.74 Å². The molecule has 1 heterocycles. The molecule has 0 aliphatic rings. The van der Waals surface area contributed by atoms with E-state index in [9.17, 15) is 4.79 Å². The molecule has 0 saturated heterocycles. The second-order valence-corrected chi connectivity index (χ2v) is 2.60. The van der Waals surface area contributed by atoms with Crippen LogP contribution in [0.15, 0.2) is 6.07 Å². The van der Waals surface area contributed by atoms with Gasteiger partial charge in [-0.05, 0) is 13.8 Å². The zero-order chi connectivity index (χ0) is 9.84. The lowest BCUT2D eigenvalue weighted by molar-refractivity contribution is 0.0594. The van der Waals surface area contributed by atoms with Crippen LogP contribution in [0.4, 0.5) is 0 Å². The zero-order valence-electron chi connectivity index (χ0n) is 8.01. The molecule has 1 aromatic heterocycles. The quantitative estimate of drug-likeness (QED) is 0.722. The van der Waals surface area contributed by atoms with Crippen LogP contribution in [0.5, 0.6) is 5.75 Å². The van der Waals surface area contributed by atoms with Gasteiger partial charge in [-0.15, -0.1) is 0 Å². The topological polar surface area (TPSA) is 51.3 Å². The Morgan fingerprint density at radius 1 is 1.62 bits per heavy atom. The third-order valence-electron chi connectivity index (χ3n) is 1.67. The Morgan fingerprint density at radius 2 is 2.31 bits per heavy atom. The van der Waals surface area contributed by atoms with Crippen LogP contribution in [0.2, 0.25) is 0 Å². The smallest absolute Gasteiger partial charge is 0.354 e. The highest BCUT2D eigenvalue weighted by molar-refractivity contribution is 5.88. The maximum atomic E-state index is 11.1. The Balaban J connectivity index is 2.88. The van der Waals surface area contributed by atoms with Crippen LogP contribution in [0, 0.1) is 6.92 Å². The Kier molecular flexibility index (Phi) is 2.95. The Hall–Kier alpha value is -1.45. The van der Waals surface area contributed by atoms with Crippen molar-refractivity contribution in [2.75, 3.05) is 13.7 Å². The predicted octanol–water partition coefficient (Wildman–Crippen LogP) is 1.51. The number of carbonyl (C=O) groups excluding carboxylic acids is 1. The molecule has 1 aromatic rings. The SMILES string of the molecule is CCOc1cc(C(=O)OC)[nH]c1C. The summed E-state index contributed by atoms with van der Waals surface area (Å²) in [4.78, 5) is 14.0. The fraction of sp³-hybridized carbons (Fsp3) is 0.444. The van der Waals surface area contributed by atoms with Gasteiger partial charge >= 0.3 is 5.97 Å². The maximum Gasteiger partial charge on any atom is 0.354 e. The van der Waals surface area contributed by atoms with Crippen LogP contribution in [0.1, 0.15) is 23.1 Å². The standard InChI is InChI=1S/C9H13NO3/c1-4-13-8-5-7(9(11)12-3)10-6(8)2/h5,10H,4H2,1-3H3. The minimum atomic E-state index is -0.381. The van der Waals surface area contributed by atoms with Crippen molar-refractivity contribution in [2.45, 2.75) is 13.8 Å². The first-order valence-electron chi connectivity index (χ1n) is 4.09. The number of hydrogen-bond donors (Lipinski definition) is 1. The first-order valence-corrected chi connectivity index (χ1v) is 4.09. The van der Waals surface area contributed by atoms with Gasteiger partial charge in [0, 0.05) is 6.07 Å². The average molecular weight is 183 g/mol. The fourth-order valence-electron chi connectivity index (χ4n) is 1.06. The van der Waals surface area contributed by atoms with Gasteiger partial charge in [0.05, 0.1) is 19.4 Å². The number of carbonyl (C=O) groups is 1. The molecule has 1 rings (SSSR count). The molecular formula is C9H13NO3. The minimum Gasteiger partial charge on any atom is -0.492 e. The van der Waals surface area contributed by atoms with Gasteiger partial charge in [0.1, 0.15) is 11.4 Å². The van der Waals surface area contributed by atoms with E-state index in [-0.39, 0.29) is 5.97 Å². The second kappa shape index (κ2) is 3.98. The van der Waals surface area contributed by atoms with E-state index in [1.165, 1.54) is 7.11 Å². The molecule has 0 aromatic carbocycles. The van der Waals surface area contributed by atoms with Crippen LogP contribution in [-0.4, -0.2) is 24.7 Å². The van der Waals surface area contributed by atoms with Gasteiger partial charge in [0.25, 0.3) is 0 Å².